The number of nitro benzene ring substituents is 1. The van der Waals surface area contributed by atoms with Gasteiger partial charge in [-0.05, 0) is 11.6 Å². The maximum absolute atomic E-state index is 10.4. The Morgan fingerprint density at radius 2 is 2.20 bits per heavy atom. The fourth-order valence-corrected chi connectivity index (χ4v) is 1.04. The van der Waals surface area contributed by atoms with Crippen LogP contribution in [0.15, 0.2) is 30.5 Å². The lowest BCUT2D eigenvalue weighted by molar-refractivity contribution is -0.384. The van der Waals surface area contributed by atoms with E-state index in [-0.39, 0.29) is 5.69 Å². The highest BCUT2D eigenvalue weighted by molar-refractivity contribution is 7.74. The van der Waals surface area contributed by atoms with Gasteiger partial charge in [0.25, 0.3) is 5.69 Å². The quantitative estimate of drug-likeness (QED) is 0.336. The van der Waals surface area contributed by atoms with Gasteiger partial charge in [0.2, 0.25) is 0 Å². The molecule has 0 radical (unpaired) electrons. The molecule has 6 nitrogen and oxygen atoms in total. The van der Waals surface area contributed by atoms with Crippen LogP contribution in [0.3, 0.4) is 0 Å². The van der Waals surface area contributed by atoms with Crippen LogP contribution in [0.4, 0.5) is 5.69 Å². The van der Waals surface area contributed by atoms with Gasteiger partial charge in [-0.1, -0.05) is 12.1 Å². The molecule has 15 heavy (non-hydrogen) atoms. The molecule has 0 saturated carbocycles. The second kappa shape index (κ2) is 5.23. The molecule has 0 spiro atoms. The summed E-state index contributed by atoms with van der Waals surface area (Å²) in [4.78, 5) is 9.85. The normalized spacial score (nSPS) is 12.6. The van der Waals surface area contributed by atoms with Crippen LogP contribution < -0.4 is 0 Å². The molecular weight excluding hydrogens is 222 g/mol. The SMILES string of the molecule is O=[N+]([O-])c1cccc(/C=C/OS(=O)[O-])c1. The average molecular weight is 228 g/mol. The lowest BCUT2D eigenvalue weighted by Gasteiger charge is -2.00. The van der Waals surface area contributed by atoms with Gasteiger partial charge in [-0.15, -0.1) is 0 Å². The van der Waals surface area contributed by atoms with E-state index < -0.39 is 16.3 Å². The number of hydrogen-bond donors (Lipinski definition) is 0. The molecule has 0 aliphatic carbocycles. The minimum atomic E-state index is -2.62. The largest absolute Gasteiger partial charge is 0.740 e. The Kier molecular flexibility index (Phi) is 3.95. The van der Waals surface area contributed by atoms with Gasteiger partial charge in [0.15, 0.2) is 0 Å². The van der Waals surface area contributed by atoms with E-state index in [1.807, 2.05) is 0 Å². The smallest absolute Gasteiger partial charge is 0.270 e. The van der Waals surface area contributed by atoms with Gasteiger partial charge in [0.1, 0.15) is 17.6 Å². The maximum Gasteiger partial charge on any atom is 0.270 e. The van der Waals surface area contributed by atoms with Gasteiger partial charge in [0, 0.05) is 12.1 Å². The van der Waals surface area contributed by atoms with Gasteiger partial charge >= 0.3 is 0 Å². The van der Waals surface area contributed by atoms with Crippen molar-refractivity contribution in [1.29, 1.82) is 0 Å². The number of benzene rings is 1. The number of nitrogens with zero attached hydrogens (tertiary/aromatic N) is 1. The lowest BCUT2D eigenvalue weighted by Crippen LogP contribution is -1.88. The maximum atomic E-state index is 10.4. The summed E-state index contributed by atoms with van der Waals surface area (Å²) in [6.45, 7) is 0. The minimum Gasteiger partial charge on any atom is -0.740 e. The van der Waals surface area contributed by atoms with Crippen LogP contribution in [-0.2, 0) is 15.5 Å². The Hall–Kier alpha value is -1.73. The Balaban J connectivity index is 2.78. The van der Waals surface area contributed by atoms with Gasteiger partial charge in [-0.3, -0.25) is 10.1 Å². The zero-order valence-corrected chi connectivity index (χ0v) is 8.18. The molecule has 1 aromatic carbocycles. The fourth-order valence-electron chi connectivity index (χ4n) is 0.894. The molecule has 0 N–H and O–H groups in total. The molecule has 7 heteroatoms. The van der Waals surface area contributed by atoms with Crippen LogP contribution in [0.25, 0.3) is 6.08 Å². The van der Waals surface area contributed by atoms with Crippen LogP contribution in [0.1, 0.15) is 5.56 Å². The summed E-state index contributed by atoms with van der Waals surface area (Å²) in [6.07, 6.45) is 2.24. The van der Waals surface area contributed by atoms with Gasteiger partial charge in [-0.2, -0.15) is 0 Å². The van der Waals surface area contributed by atoms with Crippen LogP contribution in [0.2, 0.25) is 0 Å². The van der Waals surface area contributed by atoms with Crippen molar-refractivity contribution in [3.63, 3.8) is 0 Å². The Morgan fingerprint density at radius 1 is 1.47 bits per heavy atom. The highest BCUT2D eigenvalue weighted by Gasteiger charge is 2.03. The number of hydrogen-bond acceptors (Lipinski definition) is 5. The standard InChI is InChI=1S/C8H7NO5S/c10-9(11)8-3-1-2-7(6-8)4-5-14-15(12)13/h1-6H,(H,12,13)/p-1/b5-4+. The van der Waals surface area contributed by atoms with E-state index in [2.05, 4.69) is 4.18 Å². The van der Waals surface area contributed by atoms with E-state index >= 15 is 0 Å². The third kappa shape index (κ3) is 3.88. The highest BCUT2D eigenvalue weighted by atomic mass is 32.2. The van der Waals surface area contributed by atoms with E-state index in [1.54, 1.807) is 6.07 Å². The van der Waals surface area contributed by atoms with Crippen LogP contribution in [-0.4, -0.2) is 13.7 Å². The summed E-state index contributed by atoms with van der Waals surface area (Å²) in [6, 6.07) is 5.71. The lowest BCUT2D eigenvalue weighted by atomic mass is 10.2. The second-order valence-corrected chi connectivity index (χ2v) is 3.06. The Morgan fingerprint density at radius 3 is 2.80 bits per heavy atom. The first kappa shape index (κ1) is 11.3. The second-order valence-electron chi connectivity index (χ2n) is 2.46. The van der Waals surface area contributed by atoms with Crippen molar-refractivity contribution in [2.75, 3.05) is 0 Å². The number of non-ortho nitro benzene ring substituents is 1. The fraction of sp³-hybridized carbons (Fsp3) is 0. The molecule has 0 amide bonds. The Bertz CT molecular complexity index is 417. The van der Waals surface area contributed by atoms with Crippen molar-refractivity contribution in [2.45, 2.75) is 0 Å². The average Bonchev–Trinajstić information content (AvgIpc) is 2.17. The number of rotatable bonds is 4. The molecule has 0 bridgehead atoms. The van der Waals surface area contributed by atoms with Crippen LogP contribution in [0.5, 0.6) is 0 Å². The van der Waals surface area contributed by atoms with Crippen molar-refractivity contribution in [3.05, 3.63) is 46.2 Å². The predicted molar refractivity (Wildman–Crippen MR) is 52.1 cm³/mol. The van der Waals surface area contributed by atoms with E-state index in [0.717, 1.165) is 6.26 Å². The van der Waals surface area contributed by atoms with Crippen molar-refractivity contribution in [3.8, 4) is 0 Å². The summed E-state index contributed by atoms with van der Waals surface area (Å²) < 4.78 is 24.1. The van der Waals surface area contributed by atoms with Crippen molar-refractivity contribution >= 4 is 23.1 Å². The monoisotopic (exact) mass is 228 g/mol. The molecule has 1 atom stereocenters. The first-order valence-corrected chi connectivity index (χ1v) is 4.77. The molecule has 0 aromatic heterocycles. The van der Waals surface area contributed by atoms with Crippen molar-refractivity contribution < 1.29 is 17.9 Å². The first-order chi connectivity index (χ1) is 7.09. The van der Waals surface area contributed by atoms with E-state index in [9.17, 15) is 18.9 Å². The summed E-state index contributed by atoms with van der Waals surface area (Å²) >= 11 is -2.62. The summed E-state index contributed by atoms with van der Waals surface area (Å²) in [7, 11) is 0. The van der Waals surface area contributed by atoms with Crippen molar-refractivity contribution in [1.82, 2.24) is 0 Å². The molecule has 0 saturated heterocycles. The summed E-state index contributed by atoms with van der Waals surface area (Å²) in [5.41, 5.74) is 0.412. The highest BCUT2D eigenvalue weighted by Crippen LogP contribution is 2.14. The van der Waals surface area contributed by atoms with Crippen LogP contribution >= 0.6 is 0 Å². The molecule has 0 aliphatic heterocycles. The van der Waals surface area contributed by atoms with E-state index in [0.29, 0.717) is 5.56 Å². The molecular formula is C8H6NO5S-. The van der Waals surface area contributed by atoms with Crippen molar-refractivity contribution in [2.24, 2.45) is 0 Å². The molecule has 0 heterocycles. The van der Waals surface area contributed by atoms with Gasteiger partial charge in [-0.25, -0.2) is 4.21 Å². The zero-order chi connectivity index (χ0) is 11.3. The van der Waals surface area contributed by atoms with Gasteiger partial charge < -0.3 is 8.74 Å². The molecule has 80 valence electrons. The third-order valence-corrected chi connectivity index (χ3v) is 1.74. The van der Waals surface area contributed by atoms with Crippen LogP contribution in [0, 0.1) is 10.1 Å². The molecule has 1 rings (SSSR count). The molecule has 1 aromatic rings. The Labute approximate surface area is 87.8 Å². The summed E-state index contributed by atoms with van der Waals surface area (Å²) in [5, 5.41) is 10.4. The summed E-state index contributed by atoms with van der Waals surface area (Å²) in [5.74, 6) is 0. The zero-order valence-electron chi connectivity index (χ0n) is 7.36. The first-order valence-electron chi connectivity index (χ1n) is 3.77. The topological polar surface area (TPSA) is 92.5 Å². The number of nitro groups is 1. The van der Waals surface area contributed by atoms with E-state index in [4.69, 9.17) is 0 Å². The minimum absolute atomic E-state index is 0.0691. The predicted octanol–water partition coefficient (Wildman–Crippen LogP) is 1.38. The van der Waals surface area contributed by atoms with E-state index in [1.165, 1.54) is 24.3 Å². The third-order valence-electron chi connectivity index (χ3n) is 1.48. The molecule has 1 unspecified atom stereocenters. The van der Waals surface area contributed by atoms with Gasteiger partial charge in [0.05, 0.1) is 4.92 Å². The molecule has 0 aliphatic rings. The molecule has 0 fully saturated rings.